The molecule has 0 aliphatic carbocycles. The van der Waals surface area contributed by atoms with Gasteiger partial charge in [0.1, 0.15) is 5.75 Å². The van der Waals surface area contributed by atoms with Gasteiger partial charge in [0, 0.05) is 4.90 Å². The molecule has 0 unspecified atom stereocenters. The Labute approximate surface area is 79.2 Å². The topological polar surface area (TPSA) is 9.23 Å². The molecule has 0 atom stereocenters. The van der Waals surface area contributed by atoms with Gasteiger partial charge in [0.25, 0.3) is 0 Å². The van der Waals surface area contributed by atoms with E-state index in [1.54, 1.807) is 0 Å². The van der Waals surface area contributed by atoms with Crippen LogP contribution in [0.4, 0.5) is 0 Å². The van der Waals surface area contributed by atoms with Gasteiger partial charge in [-0.05, 0) is 30.7 Å². The molecule has 0 saturated heterocycles. The van der Waals surface area contributed by atoms with Gasteiger partial charge in [0.2, 0.25) is 0 Å². The van der Waals surface area contributed by atoms with E-state index < -0.39 is 0 Å². The van der Waals surface area contributed by atoms with E-state index in [-0.39, 0.29) is 0 Å². The molecule has 2 heteroatoms. The fourth-order valence-corrected chi connectivity index (χ4v) is 1.03. The van der Waals surface area contributed by atoms with E-state index in [0.29, 0.717) is 0 Å². The van der Waals surface area contributed by atoms with Crippen LogP contribution in [0.1, 0.15) is 19.8 Å². The number of benzene rings is 1. The van der Waals surface area contributed by atoms with Crippen LogP contribution in [0.15, 0.2) is 29.2 Å². The Morgan fingerprint density at radius 1 is 1.25 bits per heavy atom. The Kier molecular flexibility index (Phi) is 4.01. The Balaban J connectivity index is 2.37. The minimum Gasteiger partial charge on any atom is -0.494 e. The summed E-state index contributed by atoms with van der Waals surface area (Å²) < 4.78 is 5.47. The summed E-state index contributed by atoms with van der Waals surface area (Å²) in [5, 5.41) is 0. The zero-order chi connectivity index (χ0) is 8.81. The predicted molar refractivity (Wildman–Crippen MR) is 54.1 cm³/mol. The zero-order valence-electron chi connectivity index (χ0n) is 7.29. The molecule has 0 saturated carbocycles. The Hall–Kier alpha value is -0.630. The lowest BCUT2D eigenvalue weighted by Crippen LogP contribution is -1.95. The first kappa shape index (κ1) is 9.46. The highest BCUT2D eigenvalue weighted by molar-refractivity contribution is 7.80. The van der Waals surface area contributed by atoms with Gasteiger partial charge in [-0.2, -0.15) is 0 Å². The van der Waals surface area contributed by atoms with Gasteiger partial charge in [-0.3, -0.25) is 0 Å². The number of unbranched alkanes of at least 4 members (excludes halogenated alkanes) is 1. The monoisotopic (exact) mass is 182 g/mol. The Morgan fingerprint density at radius 3 is 2.50 bits per heavy atom. The summed E-state index contributed by atoms with van der Waals surface area (Å²) in [6.07, 6.45) is 2.28. The molecule has 12 heavy (non-hydrogen) atoms. The summed E-state index contributed by atoms with van der Waals surface area (Å²) in [7, 11) is 0. The van der Waals surface area contributed by atoms with Crippen LogP contribution in [0.2, 0.25) is 0 Å². The van der Waals surface area contributed by atoms with Gasteiger partial charge < -0.3 is 4.74 Å². The van der Waals surface area contributed by atoms with Gasteiger partial charge in [-0.25, -0.2) is 0 Å². The third kappa shape index (κ3) is 3.18. The largest absolute Gasteiger partial charge is 0.494 e. The van der Waals surface area contributed by atoms with Crippen molar-refractivity contribution in [2.75, 3.05) is 6.61 Å². The highest BCUT2D eigenvalue weighted by Gasteiger charge is 1.91. The Morgan fingerprint density at radius 2 is 1.92 bits per heavy atom. The third-order valence-corrected chi connectivity index (χ3v) is 1.90. The molecule has 0 radical (unpaired) electrons. The second-order valence-electron chi connectivity index (χ2n) is 2.70. The lowest BCUT2D eigenvalue weighted by atomic mass is 10.3. The van der Waals surface area contributed by atoms with Crippen molar-refractivity contribution in [2.45, 2.75) is 24.7 Å². The van der Waals surface area contributed by atoms with E-state index in [1.807, 2.05) is 24.3 Å². The second-order valence-corrected chi connectivity index (χ2v) is 3.21. The van der Waals surface area contributed by atoms with E-state index >= 15 is 0 Å². The molecule has 0 fully saturated rings. The molecule has 0 aliphatic heterocycles. The maximum Gasteiger partial charge on any atom is 0.119 e. The smallest absolute Gasteiger partial charge is 0.119 e. The zero-order valence-corrected chi connectivity index (χ0v) is 8.18. The highest BCUT2D eigenvalue weighted by atomic mass is 32.1. The van der Waals surface area contributed by atoms with Crippen molar-refractivity contribution >= 4 is 12.6 Å². The van der Waals surface area contributed by atoms with Crippen LogP contribution >= 0.6 is 12.6 Å². The molecule has 0 bridgehead atoms. The number of hydrogen-bond donors (Lipinski definition) is 1. The number of ether oxygens (including phenoxy) is 1. The third-order valence-electron chi connectivity index (χ3n) is 1.60. The van der Waals surface area contributed by atoms with Crippen LogP contribution in [0.25, 0.3) is 0 Å². The first-order valence-corrected chi connectivity index (χ1v) is 4.69. The van der Waals surface area contributed by atoms with E-state index in [4.69, 9.17) is 4.74 Å². The van der Waals surface area contributed by atoms with Crippen LogP contribution in [0.3, 0.4) is 0 Å². The predicted octanol–water partition coefficient (Wildman–Crippen LogP) is 3.15. The van der Waals surface area contributed by atoms with Crippen molar-refractivity contribution in [3.05, 3.63) is 24.3 Å². The van der Waals surface area contributed by atoms with E-state index in [2.05, 4.69) is 19.6 Å². The summed E-state index contributed by atoms with van der Waals surface area (Å²) in [5.41, 5.74) is 0. The molecule has 66 valence electrons. The summed E-state index contributed by atoms with van der Waals surface area (Å²) in [6.45, 7) is 2.96. The standard InChI is InChI=1S/C10H14OS/c1-2-3-8-11-9-4-6-10(12)7-5-9/h4-7,12H,2-3,8H2,1H3. The van der Waals surface area contributed by atoms with Crippen molar-refractivity contribution in [3.63, 3.8) is 0 Å². The van der Waals surface area contributed by atoms with Crippen molar-refractivity contribution in [3.8, 4) is 5.75 Å². The molecular formula is C10H14OS. The van der Waals surface area contributed by atoms with Gasteiger partial charge in [0.15, 0.2) is 0 Å². The molecule has 1 rings (SSSR count). The molecule has 0 amide bonds. The first-order chi connectivity index (χ1) is 5.83. The SMILES string of the molecule is CCCCOc1ccc(S)cc1. The summed E-state index contributed by atoms with van der Waals surface area (Å²) >= 11 is 4.19. The molecule has 1 nitrogen and oxygen atoms in total. The van der Waals surface area contributed by atoms with Crippen molar-refractivity contribution < 1.29 is 4.74 Å². The van der Waals surface area contributed by atoms with Gasteiger partial charge in [-0.15, -0.1) is 12.6 Å². The lowest BCUT2D eigenvalue weighted by Gasteiger charge is -2.04. The fourth-order valence-electron chi connectivity index (χ4n) is 0.877. The average Bonchev–Trinajstić information content (AvgIpc) is 2.09. The maximum absolute atomic E-state index is 5.47. The van der Waals surface area contributed by atoms with Crippen molar-refractivity contribution in [2.24, 2.45) is 0 Å². The number of hydrogen-bond acceptors (Lipinski definition) is 2. The fraction of sp³-hybridized carbons (Fsp3) is 0.400. The Bertz CT molecular complexity index is 218. The van der Waals surface area contributed by atoms with Crippen LogP contribution in [0, 0.1) is 0 Å². The number of rotatable bonds is 4. The average molecular weight is 182 g/mol. The van der Waals surface area contributed by atoms with Gasteiger partial charge >= 0.3 is 0 Å². The summed E-state index contributed by atoms with van der Waals surface area (Å²) in [6, 6.07) is 7.75. The van der Waals surface area contributed by atoms with E-state index in [0.717, 1.165) is 23.7 Å². The van der Waals surface area contributed by atoms with E-state index in [9.17, 15) is 0 Å². The highest BCUT2D eigenvalue weighted by Crippen LogP contribution is 2.14. The van der Waals surface area contributed by atoms with Gasteiger partial charge in [0.05, 0.1) is 6.61 Å². The first-order valence-electron chi connectivity index (χ1n) is 4.24. The van der Waals surface area contributed by atoms with E-state index in [1.165, 1.54) is 6.42 Å². The molecular weight excluding hydrogens is 168 g/mol. The minimum atomic E-state index is 0.808. The summed E-state index contributed by atoms with van der Waals surface area (Å²) in [4.78, 5) is 0.970. The van der Waals surface area contributed by atoms with Crippen molar-refractivity contribution in [1.29, 1.82) is 0 Å². The van der Waals surface area contributed by atoms with Crippen LogP contribution in [-0.2, 0) is 0 Å². The number of thiol groups is 1. The minimum absolute atomic E-state index is 0.808. The summed E-state index contributed by atoms with van der Waals surface area (Å²) in [5.74, 6) is 0.932. The van der Waals surface area contributed by atoms with Crippen LogP contribution in [0.5, 0.6) is 5.75 Å². The normalized spacial score (nSPS) is 9.83. The van der Waals surface area contributed by atoms with Crippen LogP contribution < -0.4 is 4.74 Å². The maximum atomic E-state index is 5.47. The quantitative estimate of drug-likeness (QED) is 0.556. The molecule has 0 N–H and O–H groups in total. The molecule has 1 aromatic carbocycles. The lowest BCUT2D eigenvalue weighted by molar-refractivity contribution is 0.309. The molecule has 0 heterocycles. The molecule has 0 spiro atoms. The van der Waals surface area contributed by atoms with Crippen LogP contribution in [-0.4, -0.2) is 6.61 Å². The second kappa shape index (κ2) is 5.09. The molecule has 1 aromatic rings. The molecule has 0 aromatic heterocycles. The van der Waals surface area contributed by atoms with Gasteiger partial charge in [-0.1, -0.05) is 13.3 Å². The van der Waals surface area contributed by atoms with Crippen molar-refractivity contribution in [1.82, 2.24) is 0 Å². The molecule has 0 aliphatic rings.